The Morgan fingerprint density at radius 1 is 0.947 bits per heavy atom. The number of hydrogen-bond donors (Lipinski definition) is 2. The van der Waals surface area contributed by atoms with Crippen LogP contribution in [0.3, 0.4) is 0 Å². The van der Waals surface area contributed by atoms with Crippen LogP contribution in [0.25, 0.3) is 22.2 Å². The van der Waals surface area contributed by atoms with Gasteiger partial charge in [-0.1, -0.05) is 29.3 Å². The molecule has 0 aliphatic rings. The Labute approximate surface area is 117 Å². The molecule has 0 bridgehead atoms. The van der Waals surface area contributed by atoms with Gasteiger partial charge in [-0.2, -0.15) is 0 Å². The van der Waals surface area contributed by atoms with Crippen LogP contribution >= 0.6 is 23.2 Å². The first kappa shape index (κ1) is 12.3. The largest absolute Gasteiger partial charge is 0.323 e. The van der Waals surface area contributed by atoms with Gasteiger partial charge in [-0.05, 0) is 29.8 Å². The molecule has 2 N–H and O–H groups in total. The molecule has 3 rings (SSSR count). The molecule has 0 fully saturated rings. The highest BCUT2D eigenvalue weighted by Crippen LogP contribution is 2.36. The minimum atomic E-state index is -0.491. The van der Waals surface area contributed by atoms with Crippen molar-refractivity contribution in [3.8, 4) is 11.1 Å². The lowest BCUT2D eigenvalue weighted by Crippen LogP contribution is -1.99. The molecule has 96 valence electrons. The molecule has 0 unspecified atom stereocenters. The van der Waals surface area contributed by atoms with E-state index in [9.17, 15) is 9.18 Å². The zero-order valence-corrected chi connectivity index (χ0v) is 10.9. The number of benzene rings is 2. The Bertz CT molecular complexity index is 815. The first-order valence-electron chi connectivity index (χ1n) is 5.41. The average Bonchev–Trinajstić information content (AvgIpc) is 2.67. The summed E-state index contributed by atoms with van der Waals surface area (Å²) in [5.74, 6) is -0.491. The van der Waals surface area contributed by atoms with E-state index in [0.717, 1.165) is 0 Å². The molecule has 0 aliphatic carbocycles. The molecule has 0 atom stereocenters. The van der Waals surface area contributed by atoms with Crippen LogP contribution in [0.4, 0.5) is 4.39 Å². The smallest absolute Gasteiger partial charge is 0.306 e. The molecule has 0 saturated carbocycles. The molecule has 3 aromatic rings. The second kappa shape index (κ2) is 4.40. The maximum Gasteiger partial charge on any atom is 0.323 e. The van der Waals surface area contributed by atoms with E-state index in [4.69, 9.17) is 23.2 Å². The lowest BCUT2D eigenvalue weighted by Gasteiger charge is -2.07. The van der Waals surface area contributed by atoms with Gasteiger partial charge in [0.05, 0.1) is 21.1 Å². The SMILES string of the molecule is O=c1[nH]c2ccc(-c3c(Cl)cc(F)cc3Cl)cc2[nH]1. The lowest BCUT2D eigenvalue weighted by molar-refractivity contribution is 0.628. The van der Waals surface area contributed by atoms with Crippen LogP contribution in [0.2, 0.25) is 10.0 Å². The molecule has 0 aliphatic heterocycles. The van der Waals surface area contributed by atoms with Gasteiger partial charge in [0, 0.05) is 5.56 Å². The summed E-state index contributed by atoms with van der Waals surface area (Å²) in [4.78, 5) is 16.5. The fraction of sp³-hybridized carbons (Fsp3) is 0. The van der Waals surface area contributed by atoms with Gasteiger partial charge < -0.3 is 9.97 Å². The number of fused-ring (bicyclic) bond motifs is 1. The van der Waals surface area contributed by atoms with Crippen molar-refractivity contribution in [2.24, 2.45) is 0 Å². The van der Waals surface area contributed by atoms with Crippen LogP contribution in [0, 0.1) is 5.82 Å². The average molecular weight is 297 g/mol. The minimum absolute atomic E-state index is 0.224. The summed E-state index contributed by atoms with van der Waals surface area (Å²) in [5, 5.41) is 0.449. The number of nitrogens with one attached hydrogen (secondary N) is 2. The van der Waals surface area contributed by atoms with E-state index in [-0.39, 0.29) is 15.7 Å². The highest BCUT2D eigenvalue weighted by Gasteiger charge is 2.11. The van der Waals surface area contributed by atoms with E-state index >= 15 is 0 Å². The molecular formula is C13H7Cl2FN2O. The standard InChI is InChI=1S/C13H7Cl2FN2O/c14-8-4-7(16)5-9(15)12(8)6-1-2-10-11(3-6)18-13(19)17-10/h1-5H,(H2,17,18,19). The number of rotatable bonds is 1. The van der Waals surface area contributed by atoms with Gasteiger partial charge in [-0.3, -0.25) is 0 Å². The van der Waals surface area contributed by atoms with E-state index in [1.165, 1.54) is 12.1 Å². The van der Waals surface area contributed by atoms with E-state index in [1.54, 1.807) is 18.2 Å². The summed E-state index contributed by atoms with van der Waals surface area (Å²) in [6.07, 6.45) is 0. The first-order chi connectivity index (χ1) is 9.04. The molecule has 2 aromatic carbocycles. The quantitative estimate of drug-likeness (QED) is 0.701. The van der Waals surface area contributed by atoms with Gasteiger partial charge in [-0.25, -0.2) is 9.18 Å². The van der Waals surface area contributed by atoms with Gasteiger partial charge in [0.2, 0.25) is 0 Å². The molecule has 0 spiro atoms. The van der Waals surface area contributed by atoms with Crippen molar-refractivity contribution in [3.05, 3.63) is 56.7 Å². The molecule has 19 heavy (non-hydrogen) atoms. The van der Waals surface area contributed by atoms with Crippen molar-refractivity contribution in [3.63, 3.8) is 0 Å². The maximum absolute atomic E-state index is 13.2. The molecule has 0 saturated heterocycles. The lowest BCUT2D eigenvalue weighted by atomic mass is 10.0. The maximum atomic E-state index is 13.2. The van der Waals surface area contributed by atoms with Crippen molar-refractivity contribution in [1.82, 2.24) is 9.97 Å². The summed E-state index contributed by atoms with van der Waals surface area (Å²) in [6.45, 7) is 0. The Hall–Kier alpha value is -1.78. The number of aromatic nitrogens is 2. The molecule has 3 nitrogen and oxygen atoms in total. The van der Waals surface area contributed by atoms with Gasteiger partial charge >= 0.3 is 5.69 Å². The fourth-order valence-electron chi connectivity index (χ4n) is 2.01. The van der Waals surface area contributed by atoms with Crippen molar-refractivity contribution < 1.29 is 4.39 Å². The predicted molar refractivity (Wildman–Crippen MR) is 74.3 cm³/mol. The summed E-state index contributed by atoms with van der Waals surface area (Å²) in [7, 11) is 0. The molecule has 1 heterocycles. The van der Waals surface area contributed by atoms with Crippen LogP contribution < -0.4 is 5.69 Å². The fourth-order valence-corrected chi connectivity index (χ4v) is 2.68. The number of imidazole rings is 1. The first-order valence-corrected chi connectivity index (χ1v) is 6.17. The topological polar surface area (TPSA) is 48.6 Å². The zero-order valence-electron chi connectivity index (χ0n) is 9.43. The van der Waals surface area contributed by atoms with Crippen molar-refractivity contribution in [2.45, 2.75) is 0 Å². The van der Waals surface area contributed by atoms with Crippen LogP contribution in [0.15, 0.2) is 35.1 Å². The van der Waals surface area contributed by atoms with Gasteiger partial charge in [0.25, 0.3) is 0 Å². The molecule has 0 radical (unpaired) electrons. The number of halogens is 3. The van der Waals surface area contributed by atoms with E-state index in [1.807, 2.05) is 0 Å². The number of aromatic amines is 2. The van der Waals surface area contributed by atoms with Crippen molar-refractivity contribution >= 4 is 34.2 Å². The summed E-state index contributed by atoms with van der Waals surface area (Å²) in [6, 6.07) is 7.63. The van der Waals surface area contributed by atoms with E-state index in [0.29, 0.717) is 22.2 Å². The Kier molecular flexibility index (Phi) is 2.84. The molecule has 0 amide bonds. The van der Waals surface area contributed by atoms with Crippen LogP contribution in [0.1, 0.15) is 0 Å². The van der Waals surface area contributed by atoms with Gasteiger partial charge in [0.1, 0.15) is 5.82 Å². The normalized spacial score (nSPS) is 11.1. The Balaban J connectivity index is 2.27. The summed E-state index contributed by atoms with van der Waals surface area (Å²) >= 11 is 12.0. The monoisotopic (exact) mass is 296 g/mol. The van der Waals surface area contributed by atoms with Gasteiger partial charge in [-0.15, -0.1) is 0 Å². The Morgan fingerprint density at radius 3 is 2.26 bits per heavy atom. The second-order valence-corrected chi connectivity index (χ2v) is 4.90. The van der Waals surface area contributed by atoms with Gasteiger partial charge in [0.15, 0.2) is 0 Å². The third-order valence-corrected chi connectivity index (χ3v) is 3.41. The van der Waals surface area contributed by atoms with Crippen molar-refractivity contribution in [2.75, 3.05) is 0 Å². The van der Waals surface area contributed by atoms with Crippen molar-refractivity contribution in [1.29, 1.82) is 0 Å². The number of hydrogen-bond acceptors (Lipinski definition) is 1. The summed E-state index contributed by atoms with van der Waals surface area (Å²) in [5.41, 5.74) is 2.27. The van der Waals surface area contributed by atoms with Crippen LogP contribution in [0.5, 0.6) is 0 Å². The second-order valence-electron chi connectivity index (χ2n) is 4.08. The van der Waals surface area contributed by atoms with Crippen LogP contribution in [-0.2, 0) is 0 Å². The molecule has 6 heteroatoms. The summed E-state index contributed by atoms with van der Waals surface area (Å²) < 4.78 is 13.2. The van der Waals surface area contributed by atoms with Crippen LogP contribution in [-0.4, -0.2) is 9.97 Å². The molecular weight excluding hydrogens is 290 g/mol. The minimum Gasteiger partial charge on any atom is -0.306 e. The Morgan fingerprint density at radius 2 is 1.58 bits per heavy atom. The predicted octanol–water partition coefficient (Wildman–Crippen LogP) is 3.97. The third kappa shape index (κ3) is 2.13. The number of H-pyrrole nitrogens is 2. The highest BCUT2D eigenvalue weighted by atomic mass is 35.5. The zero-order chi connectivity index (χ0) is 13.6. The van der Waals surface area contributed by atoms with E-state index < -0.39 is 5.82 Å². The molecule has 1 aromatic heterocycles. The van der Waals surface area contributed by atoms with E-state index in [2.05, 4.69) is 9.97 Å². The highest BCUT2D eigenvalue weighted by molar-refractivity contribution is 6.39. The third-order valence-electron chi connectivity index (χ3n) is 2.81.